The average Bonchev–Trinajstić information content (AvgIpc) is 2.83. The number of carbonyl (C=O) groups excluding carboxylic acids is 1. The van der Waals surface area contributed by atoms with Crippen LogP contribution in [0.3, 0.4) is 0 Å². The summed E-state index contributed by atoms with van der Waals surface area (Å²) in [7, 11) is 1.60. The van der Waals surface area contributed by atoms with Crippen molar-refractivity contribution in [3.63, 3.8) is 0 Å². The van der Waals surface area contributed by atoms with E-state index in [-0.39, 0.29) is 18.6 Å². The van der Waals surface area contributed by atoms with Gasteiger partial charge in [-0.05, 0) is 31.0 Å². The number of hydrogen-bond acceptors (Lipinski definition) is 5. The van der Waals surface area contributed by atoms with Gasteiger partial charge in [-0.15, -0.1) is 11.3 Å². The van der Waals surface area contributed by atoms with Crippen LogP contribution in [0.1, 0.15) is 29.4 Å². The summed E-state index contributed by atoms with van der Waals surface area (Å²) < 4.78 is 6.11. The number of nitrogens with one attached hydrogen (secondary N) is 1. The third-order valence-electron chi connectivity index (χ3n) is 3.45. The molecule has 6 heteroatoms. The SMILES string of the molecule is CCC(CCO)NC(=O)c1sc2cc(OC)ccc2c1N. The second kappa shape index (κ2) is 6.78. The van der Waals surface area contributed by atoms with Crippen LogP contribution in [0.2, 0.25) is 0 Å². The number of methoxy groups -OCH3 is 1. The first-order valence-corrected chi connectivity index (χ1v) is 7.70. The van der Waals surface area contributed by atoms with E-state index in [1.54, 1.807) is 7.11 Å². The molecular weight excluding hydrogens is 288 g/mol. The van der Waals surface area contributed by atoms with E-state index in [1.165, 1.54) is 11.3 Å². The minimum atomic E-state index is -0.187. The van der Waals surface area contributed by atoms with E-state index in [9.17, 15) is 4.79 Å². The van der Waals surface area contributed by atoms with Crippen LogP contribution in [-0.4, -0.2) is 30.8 Å². The first kappa shape index (κ1) is 15.6. The maximum Gasteiger partial charge on any atom is 0.263 e. The molecule has 1 aromatic carbocycles. The third-order valence-corrected chi connectivity index (χ3v) is 4.61. The summed E-state index contributed by atoms with van der Waals surface area (Å²) in [5, 5.41) is 12.8. The summed E-state index contributed by atoms with van der Waals surface area (Å²) in [6.45, 7) is 2.03. The molecule has 1 unspecified atom stereocenters. The van der Waals surface area contributed by atoms with E-state index in [1.807, 2.05) is 25.1 Å². The quantitative estimate of drug-likeness (QED) is 0.765. The molecule has 0 fully saturated rings. The molecule has 0 saturated heterocycles. The van der Waals surface area contributed by atoms with Gasteiger partial charge in [-0.25, -0.2) is 0 Å². The molecule has 4 N–H and O–H groups in total. The minimum absolute atomic E-state index is 0.0401. The van der Waals surface area contributed by atoms with Crippen LogP contribution < -0.4 is 15.8 Å². The number of ether oxygens (including phenoxy) is 1. The van der Waals surface area contributed by atoms with Crippen molar-refractivity contribution in [3.05, 3.63) is 23.1 Å². The molecule has 1 heterocycles. The highest BCUT2D eigenvalue weighted by molar-refractivity contribution is 7.21. The lowest BCUT2D eigenvalue weighted by molar-refractivity contribution is 0.0934. The molecule has 1 amide bonds. The first-order chi connectivity index (χ1) is 10.1. The van der Waals surface area contributed by atoms with Gasteiger partial charge in [0.2, 0.25) is 0 Å². The summed E-state index contributed by atoms with van der Waals surface area (Å²) in [6.07, 6.45) is 1.31. The van der Waals surface area contributed by atoms with Crippen molar-refractivity contribution in [2.45, 2.75) is 25.8 Å². The number of nitrogen functional groups attached to an aromatic ring is 1. The van der Waals surface area contributed by atoms with Gasteiger partial charge in [-0.1, -0.05) is 6.92 Å². The summed E-state index contributed by atoms with van der Waals surface area (Å²) >= 11 is 1.35. The number of hydrogen-bond donors (Lipinski definition) is 3. The van der Waals surface area contributed by atoms with E-state index in [4.69, 9.17) is 15.6 Å². The zero-order valence-corrected chi connectivity index (χ0v) is 13.0. The maximum atomic E-state index is 12.3. The van der Waals surface area contributed by atoms with E-state index >= 15 is 0 Å². The number of carbonyl (C=O) groups is 1. The lowest BCUT2D eigenvalue weighted by Crippen LogP contribution is -2.34. The molecule has 114 valence electrons. The highest BCUT2D eigenvalue weighted by Crippen LogP contribution is 2.35. The third kappa shape index (κ3) is 3.28. The summed E-state index contributed by atoms with van der Waals surface area (Å²) in [5.74, 6) is 0.551. The number of anilines is 1. The van der Waals surface area contributed by atoms with Crippen molar-refractivity contribution < 1.29 is 14.6 Å². The highest BCUT2D eigenvalue weighted by atomic mass is 32.1. The number of rotatable bonds is 6. The normalized spacial score (nSPS) is 12.3. The van der Waals surface area contributed by atoms with Crippen LogP contribution in [0.5, 0.6) is 5.75 Å². The predicted molar refractivity (Wildman–Crippen MR) is 86.0 cm³/mol. The maximum absolute atomic E-state index is 12.3. The fourth-order valence-electron chi connectivity index (χ4n) is 2.18. The smallest absolute Gasteiger partial charge is 0.263 e. The minimum Gasteiger partial charge on any atom is -0.497 e. The number of fused-ring (bicyclic) bond motifs is 1. The largest absolute Gasteiger partial charge is 0.497 e. The Hall–Kier alpha value is -1.79. The molecule has 0 saturated carbocycles. The van der Waals surface area contributed by atoms with Gasteiger partial charge in [0.25, 0.3) is 5.91 Å². The Morgan fingerprint density at radius 1 is 1.52 bits per heavy atom. The fraction of sp³-hybridized carbons (Fsp3) is 0.400. The molecule has 2 aromatic rings. The van der Waals surface area contributed by atoms with E-state index in [0.29, 0.717) is 17.0 Å². The molecule has 0 aliphatic heterocycles. The van der Waals surface area contributed by atoms with Crippen LogP contribution in [0.25, 0.3) is 10.1 Å². The van der Waals surface area contributed by atoms with E-state index < -0.39 is 0 Å². The van der Waals surface area contributed by atoms with Gasteiger partial charge in [-0.3, -0.25) is 4.79 Å². The van der Waals surface area contributed by atoms with Crippen molar-refractivity contribution in [2.24, 2.45) is 0 Å². The van der Waals surface area contributed by atoms with Crippen LogP contribution in [0.15, 0.2) is 18.2 Å². The second-order valence-corrected chi connectivity index (χ2v) is 5.85. The molecule has 1 aromatic heterocycles. The Morgan fingerprint density at radius 3 is 2.90 bits per heavy atom. The second-order valence-electron chi connectivity index (χ2n) is 4.80. The number of aliphatic hydroxyl groups excluding tert-OH is 1. The molecule has 2 rings (SSSR count). The van der Waals surface area contributed by atoms with Gasteiger partial charge >= 0.3 is 0 Å². The molecule has 0 radical (unpaired) electrons. The number of thiophene rings is 1. The Balaban J connectivity index is 2.28. The van der Waals surface area contributed by atoms with Gasteiger partial charge in [-0.2, -0.15) is 0 Å². The summed E-state index contributed by atoms with van der Waals surface area (Å²) in [5.41, 5.74) is 6.58. The fourth-order valence-corrected chi connectivity index (χ4v) is 3.23. The van der Waals surface area contributed by atoms with Crippen molar-refractivity contribution in [1.82, 2.24) is 5.32 Å². The summed E-state index contributed by atoms with van der Waals surface area (Å²) in [6, 6.07) is 5.52. The van der Waals surface area contributed by atoms with Crippen molar-refractivity contribution in [3.8, 4) is 5.75 Å². The van der Waals surface area contributed by atoms with Gasteiger partial charge in [0, 0.05) is 22.7 Å². The molecule has 21 heavy (non-hydrogen) atoms. The monoisotopic (exact) mass is 308 g/mol. The standard InChI is InChI=1S/C15H20N2O3S/c1-3-9(6-7-18)17-15(19)14-13(16)11-5-4-10(20-2)8-12(11)21-14/h4-5,8-9,18H,3,6-7,16H2,1-2H3,(H,17,19). The zero-order valence-electron chi connectivity index (χ0n) is 12.2. The van der Waals surface area contributed by atoms with Crippen molar-refractivity contribution in [1.29, 1.82) is 0 Å². The van der Waals surface area contributed by atoms with Gasteiger partial charge in [0.05, 0.1) is 12.8 Å². The average molecular weight is 308 g/mol. The molecular formula is C15H20N2O3S. The molecule has 1 atom stereocenters. The van der Waals surface area contributed by atoms with Crippen LogP contribution in [0, 0.1) is 0 Å². The lowest BCUT2D eigenvalue weighted by Gasteiger charge is -2.15. The van der Waals surface area contributed by atoms with E-state index in [2.05, 4.69) is 5.32 Å². The van der Waals surface area contributed by atoms with Crippen LogP contribution in [-0.2, 0) is 0 Å². The number of benzene rings is 1. The molecule has 0 bridgehead atoms. The van der Waals surface area contributed by atoms with Crippen molar-refractivity contribution >= 4 is 33.0 Å². The van der Waals surface area contributed by atoms with Gasteiger partial charge in [0.15, 0.2) is 0 Å². The molecule has 0 spiro atoms. The van der Waals surface area contributed by atoms with Crippen LogP contribution >= 0.6 is 11.3 Å². The van der Waals surface area contributed by atoms with E-state index in [0.717, 1.165) is 22.3 Å². The first-order valence-electron chi connectivity index (χ1n) is 6.88. The predicted octanol–water partition coefficient (Wildman–Crippen LogP) is 2.38. The van der Waals surface area contributed by atoms with Crippen LogP contribution in [0.4, 0.5) is 5.69 Å². The Morgan fingerprint density at radius 2 is 2.29 bits per heavy atom. The Labute approximate surface area is 127 Å². The Kier molecular flexibility index (Phi) is 5.03. The molecule has 0 aliphatic rings. The number of nitrogens with two attached hydrogens (primary N) is 1. The topological polar surface area (TPSA) is 84.6 Å². The summed E-state index contributed by atoms with van der Waals surface area (Å²) in [4.78, 5) is 12.8. The van der Waals surface area contributed by atoms with Crippen molar-refractivity contribution in [2.75, 3.05) is 19.5 Å². The highest BCUT2D eigenvalue weighted by Gasteiger charge is 2.19. The van der Waals surface area contributed by atoms with Gasteiger partial charge < -0.3 is 20.9 Å². The molecule has 0 aliphatic carbocycles. The zero-order chi connectivity index (χ0) is 15.4. The number of aliphatic hydroxyl groups is 1. The molecule has 5 nitrogen and oxygen atoms in total. The lowest BCUT2D eigenvalue weighted by atomic mass is 10.1. The Bertz CT molecular complexity index is 639. The van der Waals surface area contributed by atoms with Gasteiger partial charge in [0.1, 0.15) is 10.6 Å². The number of amides is 1.